The standard InChI is InChI=1S/C9H10ClNO3S2/c10-6-2-1-3-11-9(6)15-8-5-16(13,14)4-7(8)12/h1-3,7-8,12H,4-5H2. The number of thioether (sulfide) groups is 1. The predicted octanol–water partition coefficient (Wildman–Crippen LogP) is 0.985. The van der Waals surface area contributed by atoms with Crippen molar-refractivity contribution >= 4 is 33.2 Å². The highest BCUT2D eigenvalue weighted by Crippen LogP contribution is 2.33. The minimum atomic E-state index is -3.12. The van der Waals surface area contributed by atoms with Gasteiger partial charge in [0.25, 0.3) is 0 Å². The van der Waals surface area contributed by atoms with Gasteiger partial charge < -0.3 is 5.11 Å². The summed E-state index contributed by atoms with van der Waals surface area (Å²) in [5.74, 6) is -0.194. The van der Waals surface area contributed by atoms with Crippen LogP contribution in [0.5, 0.6) is 0 Å². The number of aliphatic hydroxyl groups is 1. The molecule has 0 saturated carbocycles. The Labute approximate surface area is 103 Å². The highest BCUT2D eigenvalue weighted by molar-refractivity contribution is 8.02. The minimum absolute atomic E-state index is 0.0221. The lowest BCUT2D eigenvalue weighted by molar-refractivity contribution is 0.207. The Morgan fingerprint density at radius 3 is 2.81 bits per heavy atom. The van der Waals surface area contributed by atoms with Crippen LogP contribution >= 0.6 is 23.4 Å². The van der Waals surface area contributed by atoms with Crippen molar-refractivity contribution in [1.82, 2.24) is 4.98 Å². The molecular formula is C9H10ClNO3S2. The summed E-state index contributed by atoms with van der Waals surface area (Å²) in [6, 6.07) is 3.39. The van der Waals surface area contributed by atoms with E-state index < -0.39 is 15.9 Å². The number of pyridine rings is 1. The van der Waals surface area contributed by atoms with E-state index in [0.29, 0.717) is 10.0 Å². The van der Waals surface area contributed by atoms with E-state index in [2.05, 4.69) is 4.98 Å². The second kappa shape index (κ2) is 4.52. The lowest BCUT2D eigenvalue weighted by Crippen LogP contribution is -2.20. The molecule has 2 unspecified atom stereocenters. The van der Waals surface area contributed by atoms with Crippen LogP contribution in [0.2, 0.25) is 5.02 Å². The molecule has 2 rings (SSSR count). The van der Waals surface area contributed by atoms with Gasteiger partial charge in [0.2, 0.25) is 0 Å². The highest BCUT2D eigenvalue weighted by atomic mass is 35.5. The molecule has 1 aliphatic heterocycles. The quantitative estimate of drug-likeness (QED) is 0.874. The fraction of sp³-hybridized carbons (Fsp3) is 0.444. The average Bonchev–Trinajstić information content (AvgIpc) is 2.44. The molecule has 16 heavy (non-hydrogen) atoms. The van der Waals surface area contributed by atoms with Crippen LogP contribution in [0, 0.1) is 0 Å². The van der Waals surface area contributed by atoms with E-state index >= 15 is 0 Å². The molecule has 0 aliphatic carbocycles. The van der Waals surface area contributed by atoms with Crippen molar-refractivity contribution < 1.29 is 13.5 Å². The first-order valence-corrected chi connectivity index (χ1v) is 7.71. The van der Waals surface area contributed by atoms with E-state index in [1.165, 1.54) is 11.8 Å². The average molecular weight is 280 g/mol. The lowest BCUT2D eigenvalue weighted by atomic mass is 10.3. The van der Waals surface area contributed by atoms with Crippen molar-refractivity contribution in [1.29, 1.82) is 0 Å². The molecule has 2 heterocycles. The maximum absolute atomic E-state index is 11.3. The molecule has 88 valence electrons. The summed E-state index contributed by atoms with van der Waals surface area (Å²) >= 11 is 7.12. The third-order valence-electron chi connectivity index (χ3n) is 2.26. The molecule has 1 fully saturated rings. The third kappa shape index (κ3) is 2.68. The number of aliphatic hydroxyl groups excluding tert-OH is 1. The van der Waals surface area contributed by atoms with Crippen molar-refractivity contribution in [3.63, 3.8) is 0 Å². The third-order valence-corrected chi connectivity index (χ3v) is 5.94. The van der Waals surface area contributed by atoms with E-state index in [9.17, 15) is 13.5 Å². The van der Waals surface area contributed by atoms with Crippen molar-refractivity contribution in [2.75, 3.05) is 11.5 Å². The molecule has 1 saturated heterocycles. The Morgan fingerprint density at radius 2 is 2.25 bits per heavy atom. The molecule has 0 radical (unpaired) electrons. The van der Waals surface area contributed by atoms with Crippen molar-refractivity contribution in [2.45, 2.75) is 16.4 Å². The van der Waals surface area contributed by atoms with Crippen LogP contribution in [0.4, 0.5) is 0 Å². The molecule has 0 aromatic carbocycles. The topological polar surface area (TPSA) is 67.3 Å². The second-order valence-electron chi connectivity index (χ2n) is 3.59. The van der Waals surface area contributed by atoms with Gasteiger partial charge in [0, 0.05) is 6.20 Å². The number of sulfone groups is 1. The van der Waals surface area contributed by atoms with E-state index in [1.807, 2.05) is 0 Å². The van der Waals surface area contributed by atoms with Crippen LogP contribution in [-0.4, -0.2) is 41.4 Å². The van der Waals surface area contributed by atoms with Gasteiger partial charge in [0.1, 0.15) is 5.03 Å². The molecule has 2 atom stereocenters. The van der Waals surface area contributed by atoms with E-state index in [-0.39, 0.29) is 16.8 Å². The molecular weight excluding hydrogens is 270 g/mol. The fourth-order valence-electron chi connectivity index (χ4n) is 1.51. The van der Waals surface area contributed by atoms with Gasteiger partial charge in [0.05, 0.1) is 27.9 Å². The number of hydrogen-bond acceptors (Lipinski definition) is 5. The second-order valence-corrected chi connectivity index (χ2v) is 7.38. The largest absolute Gasteiger partial charge is 0.391 e. The number of hydrogen-bond donors (Lipinski definition) is 1. The first-order valence-electron chi connectivity index (χ1n) is 4.63. The van der Waals surface area contributed by atoms with Crippen LogP contribution in [-0.2, 0) is 9.84 Å². The molecule has 1 N–H and O–H groups in total. The molecule has 0 amide bonds. The zero-order chi connectivity index (χ0) is 11.8. The zero-order valence-corrected chi connectivity index (χ0v) is 10.6. The molecule has 1 aromatic rings. The Morgan fingerprint density at radius 1 is 1.50 bits per heavy atom. The summed E-state index contributed by atoms with van der Waals surface area (Å²) in [6.45, 7) is 0. The van der Waals surface area contributed by atoms with E-state index in [0.717, 1.165) is 0 Å². The monoisotopic (exact) mass is 279 g/mol. The summed E-state index contributed by atoms with van der Waals surface area (Å²) in [5.41, 5.74) is 0. The molecule has 7 heteroatoms. The highest BCUT2D eigenvalue weighted by Gasteiger charge is 2.37. The van der Waals surface area contributed by atoms with Gasteiger partial charge in [-0.05, 0) is 12.1 Å². The van der Waals surface area contributed by atoms with E-state index in [1.54, 1.807) is 18.3 Å². The molecule has 4 nitrogen and oxygen atoms in total. The number of halogens is 1. The maximum atomic E-state index is 11.3. The lowest BCUT2D eigenvalue weighted by Gasteiger charge is -2.11. The van der Waals surface area contributed by atoms with Crippen molar-refractivity contribution in [2.24, 2.45) is 0 Å². The van der Waals surface area contributed by atoms with Gasteiger partial charge in [0.15, 0.2) is 9.84 Å². The molecule has 0 spiro atoms. The number of nitrogens with zero attached hydrogens (tertiary/aromatic N) is 1. The summed E-state index contributed by atoms with van der Waals surface area (Å²) in [6.07, 6.45) is 0.748. The first kappa shape index (κ1) is 12.2. The molecule has 1 aromatic heterocycles. The van der Waals surface area contributed by atoms with Crippen LogP contribution in [0.3, 0.4) is 0 Å². The van der Waals surface area contributed by atoms with Gasteiger partial charge in [-0.15, -0.1) is 0 Å². The predicted molar refractivity (Wildman–Crippen MR) is 63.6 cm³/mol. The van der Waals surface area contributed by atoms with Crippen molar-refractivity contribution in [3.8, 4) is 0 Å². The van der Waals surface area contributed by atoms with Crippen LogP contribution in [0.15, 0.2) is 23.4 Å². The van der Waals surface area contributed by atoms with Crippen LogP contribution < -0.4 is 0 Å². The summed E-state index contributed by atoms with van der Waals surface area (Å²) in [5, 5.41) is 10.3. The number of aromatic nitrogens is 1. The van der Waals surface area contributed by atoms with Crippen molar-refractivity contribution in [3.05, 3.63) is 23.4 Å². The van der Waals surface area contributed by atoms with Crippen LogP contribution in [0.25, 0.3) is 0 Å². The number of rotatable bonds is 2. The summed E-state index contributed by atoms with van der Waals surface area (Å²) in [7, 11) is -3.12. The normalized spacial score (nSPS) is 28.1. The van der Waals surface area contributed by atoms with Gasteiger partial charge in [-0.2, -0.15) is 0 Å². The Kier molecular flexibility index (Phi) is 3.44. The maximum Gasteiger partial charge on any atom is 0.154 e. The van der Waals surface area contributed by atoms with Crippen LogP contribution in [0.1, 0.15) is 0 Å². The minimum Gasteiger partial charge on any atom is -0.391 e. The van der Waals surface area contributed by atoms with Gasteiger partial charge in [-0.3, -0.25) is 0 Å². The Bertz CT molecular complexity index is 491. The Balaban J connectivity index is 2.15. The van der Waals surface area contributed by atoms with E-state index in [4.69, 9.17) is 11.6 Å². The SMILES string of the molecule is O=S1(=O)CC(O)C(Sc2ncccc2Cl)C1. The fourth-order valence-corrected chi connectivity index (χ4v) is 5.24. The zero-order valence-electron chi connectivity index (χ0n) is 8.21. The first-order chi connectivity index (χ1) is 7.48. The Hall–Kier alpha value is -0.300. The van der Waals surface area contributed by atoms with Gasteiger partial charge in [-0.25, -0.2) is 13.4 Å². The molecule has 0 bridgehead atoms. The summed E-state index contributed by atoms with van der Waals surface area (Å²) in [4.78, 5) is 4.05. The smallest absolute Gasteiger partial charge is 0.154 e. The summed E-state index contributed by atoms with van der Waals surface area (Å²) < 4.78 is 22.6. The van der Waals surface area contributed by atoms with Gasteiger partial charge >= 0.3 is 0 Å². The molecule has 1 aliphatic rings. The van der Waals surface area contributed by atoms with Gasteiger partial charge in [-0.1, -0.05) is 23.4 Å².